The highest BCUT2D eigenvalue weighted by Gasteiger charge is 2.25. The fraction of sp³-hybridized carbons (Fsp3) is 0.310. The minimum absolute atomic E-state index is 0.0210. The van der Waals surface area contributed by atoms with Crippen molar-refractivity contribution in [3.8, 4) is 6.07 Å². The Morgan fingerprint density at radius 2 is 1.80 bits per heavy atom. The lowest BCUT2D eigenvalue weighted by Gasteiger charge is -2.36. The summed E-state index contributed by atoms with van der Waals surface area (Å²) in [6.45, 7) is 6.22. The number of nitrogens with one attached hydrogen (secondary N) is 2. The van der Waals surface area contributed by atoms with Gasteiger partial charge in [-0.2, -0.15) is 5.26 Å². The number of halogens is 1. The van der Waals surface area contributed by atoms with Gasteiger partial charge in [-0.15, -0.1) is 0 Å². The van der Waals surface area contributed by atoms with Crippen molar-refractivity contribution < 1.29 is 13.2 Å². The van der Waals surface area contributed by atoms with Gasteiger partial charge in [0.15, 0.2) is 5.69 Å². The van der Waals surface area contributed by atoms with E-state index >= 15 is 0 Å². The number of hydrogen-bond acceptors (Lipinski definition) is 11. The van der Waals surface area contributed by atoms with Crippen LogP contribution in [0.4, 0.5) is 17.5 Å². The Kier molecular flexibility index (Phi) is 8.44. The molecule has 0 radical (unpaired) electrons. The Hall–Kier alpha value is -4.74. The normalized spacial score (nSPS) is 14.3. The molecule has 0 aliphatic carbocycles. The number of benzene rings is 1. The second kappa shape index (κ2) is 12.1. The number of amides is 1. The van der Waals surface area contributed by atoms with E-state index in [1.807, 2.05) is 30.7 Å². The highest BCUT2D eigenvalue weighted by molar-refractivity contribution is 7.89. The smallest absolute Gasteiger partial charge is 0.285 e. The van der Waals surface area contributed by atoms with Gasteiger partial charge in [0, 0.05) is 45.0 Å². The molecule has 0 bridgehead atoms. The van der Waals surface area contributed by atoms with Crippen molar-refractivity contribution in [1.29, 1.82) is 5.26 Å². The number of rotatable bonds is 7. The topological polar surface area (TPSA) is 166 Å². The Bertz CT molecular complexity index is 1970. The Morgan fingerprint density at radius 1 is 1.09 bits per heavy atom. The second-order valence-electron chi connectivity index (χ2n) is 10.6. The van der Waals surface area contributed by atoms with Gasteiger partial charge in [-0.3, -0.25) is 14.2 Å². The molecule has 4 heterocycles. The van der Waals surface area contributed by atoms with Gasteiger partial charge in [0.05, 0.1) is 34.5 Å². The molecular formula is C29H30ClN9O4S. The fourth-order valence-electron chi connectivity index (χ4n) is 5.18. The van der Waals surface area contributed by atoms with Crippen LogP contribution in [0.2, 0.25) is 5.15 Å². The number of aryl methyl sites for hydroxylation is 1. The molecule has 4 aromatic rings. The first-order valence-corrected chi connectivity index (χ1v) is 15.9. The highest BCUT2D eigenvalue weighted by atomic mass is 35.5. The largest absolute Gasteiger partial charge is 0.377 e. The van der Waals surface area contributed by atoms with Crippen molar-refractivity contribution >= 4 is 55.9 Å². The number of aromatic nitrogens is 4. The van der Waals surface area contributed by atoms with Crippen LogP contribution in [0.25, 0.3) is 10.9 Å². The first kappa shape index (κ1) is 30.7. The third-order valence-corrected chi connectivity index (χ3v) is 8.05. The van der Waals surface area contributed by atoms with E-state index in [1.165, 1.54) is 6.07 Å². The number of nitriles is 1. The molecule has 5 rings (SSSR count). The predicted molar refractivity (Wildman–Crippen MR) is 169 cm³/mol. The van der Waals surface area contributed by atoms with E-state index in [0.717, 1.165) is 17.6 Å². The number of anilines is 3. The summed E-state index contributed by atoms with van der Waals surface area (Å²) in [4.78, 5) is 44.0. The molecule has 1 saturated heterocycles. The molecule has 2 N–H and O–H groups in total. The van der Waals surface area contributed by atoms with Crippen LogP contribution in [-0.4, -0.2) is 66.3 Å². The number of nitrogens with zero attached hydrogens (tertiary/aromatic N) is 7. The van der Waals surface area contributed by atoms with Gasteiger partial charge in [0.25, 0.3) is 11.5 Å². The SMILES string of the molecule is Cc1cc([C@@H](C)Nc2ccc(Cl)nc2C(=O)NS(C)(=O)=O)c2nc(N3CCN(c4ccc(C#N)cn4)CC3)n(C)c(=O)c2c1. The molecule has 1 aromatic carbocycles. The molecule has 3 aromatic heterocycles. The van der Waals surface area contributed by atoms with E-state index in [4.69, 9.17) is 21.8 Å². The van der Waals surface area contributed by atoms with Gasteiger partial charge in [0.2, 0.25) is 16.0 Å². The summed E-state index contributed by atoms with van der Waals surface area (Å²) in [6, 6.07) is 11.9. The van der Waals surface area contributed by atoms with Crippen molar-refractivity contribution in [2.45, 2.75) is 19.9 Å². The predicted octanol–water partition coefficient (Wildman–Crippen LogP) is 2.75. The average molecular weight is 636 g/mol. The summed E-state index contributed by atoms with van der Waals surface area (Å²) in [7, 11) is -2.14. The second-order valence-corrected chi connectivity index (χ2v) is 12.8. The van der Waals surface area contributed by atoms with Crippen molar-refractivity contribution in [3.63, 3.8) is 0 Å². The zero-order valence-electron chi connectivity index (χ0n) is 24.5. The van der Waals surface area contributed by atoms with Crippen LogP contribution < -0.4 is 25.4 Å². The van der Waals surface area contributed by atoms with Gasteiger partial charge in [-0.25, -0.2) is 28.1 Å². The first-order valence-electron chi connectivity index (χ1n) is 13.7. The quantitative estimate of drug-likeness (QED) is 0.287. The molecule has 0 saturated carbocycles. The van der Waals surface area contributed by atoms with Gasteiger partial charge >= 0.3 is 0 Å². The molecule has 1 amide bonds. The van der Waals surface area contributed by atoms with E-state index in [2.05, 4.69) is 31.2 Å². The molecule has 44 heavy (non-hydrogen) atoms. The maximum atomic E-state index is 13.6. The van der Waals surface area contributed by atoms with Crippen LogP contribution in [0.3, 0.4) is 0 Å². The van der Waals surface area contributed by atoms with Crippen LogP contribution in [0.15, 0.2) is 47.4 Å². The molecule has 1 aliphatic rings. The minimum atomic E-state index is -3.84. The van der Waals surface area contributed by atoms with Crippen LogP contribution in [-0.2, 0) is 17.1 Å². The number of carbonyl (C=O) groups excluding carboxylic acids is 1. The van der Waals surface area contributed by atoms with Crippen molar-refractivity contribution in [2.75, 3.05) is 47.6 Å². The number of sulfonamides is 1. The summed E-state index contributed by atoms with van der Waals surface area (Å²) in [5, 5.41) is 12.8. The van der Waals surface area contributed by atoms with Gasteiger partial charge in [0.1, 0.15) is 17.0 Å². The van der Waals surface area contributed by atoms with Crippen LogP contribution >= 0.6 is 11.6 Å². The Labute approximate surface area is 259 Å². The molecule has 1 atom stereocenters. The minimum Gasteiger partial charge on any atom is -0.377 e. The summed E-state index contributed by atoms with van der Waals surface area (Å²) in [6.07, 6.45) is 2.42. The Morgan fingerprint density at radius 3 is 2.43 bits per heavy atom. The van der Waals surface area contributed by atoms with Crippen LogP contribution in [0, 0.1) is 18.3 Å². The third kappa shape index (κ3) is 6.43. The number of fused-ring (bicyclic) bond motifs is 1. The average Bonchev–Trinajstić information content (AvgIpc) is 2.99. The number of hydrogen-bond donors (Lipinski definition) is 2. The van der Waals surface area contributed by atoms with E-state index in [9.17, 15) is 18.0 Å². The Balaban J connectivity index is 1.47. The maximum absolute atomic E-state index is 13.6. The number of carbonyl (C=O) groups is 1. The third-order valence-electron chi connectivity index (χ3n) is 7.29. The van der Waals surface area contributed by atoms with Crippen LogP contribution in [0.5, 0.6) is 0 Å². The van der Waals surface area contributed by atoms with Gasteiger partial charge in [-0.05, 0) is 49.7 Å². The van der Waals surface area contributed by atoms with E-state index in [0.29, 0.717) is 54.2 Å². The van der Waals surface area contributed by atoms with E-state index in [-0.39, 0.29) is 22.1 Å². The fourth-order valence-corrected chi connectivity index (χ4v) is 5.76. The molecule has 15 heteroatoms. The zero-order valence-corrected chi connectivity index (χ0v) is 26.1. The molecule has 0 unspecified atom stereocenters. The molecule has 13 nitrogen and oxygen atoms in total. The maximum Gasteiger partial charge on any atom is 0.285 e. The lowest BCUT2D eigenvalue weighted by atomic mass is 10.0. The molecule has 228 valence electrons. The molecule has 0 spiro atoms. The zero-order chi connectivity index (χ0) is 31.8. The lowest BCUT2D eigenvalue weighted by molar-refractivity contribution is 0.0977. The van der Waals surface area contributed by atoms with Crippen molar-refractivity contribution in [3.05, 3.63) is 80.5 Å². The summed E-state index contributed by atoms with van der Waals surface area (Å²) in [5.41, 5.74) is 2.44. The standard InChI is InChI=1S/C29H30ClN9O4S/c1-17-13-20(18(2)33-22-6-7-23(30)34-26(22)27(40)36-44(4,42)43)25-21(14-17)28(41)37(3)29(35-25)39-11-9-38(10-12-39)24-8-5-19(15-31)16-32-24/h5-8,13-14,16,18,33H,9-12H2,1-4H3,(H,36,40)/t18-/m1/s1. The number of pyridine rings is 2. The van der Waals surface area contributed by atoms with E-state index < -0.39 is 22.0 Å². The first-order chi connectivity index (χ1) is 20.8. The van der Waals surface area contributed by atoms with Gasteiger partial charge < -0.3 is 15.1 Å². The summed E-state index contributed by atoms with van der Waals surface area (Å²) in [5.74, 6) is 0.375. The highest BCUT2D eigenvalue weighted by Crippen LogP contribution is 2.29. The molecule has 1 fully saturated rings. The molecule has 1 aliphatic heterocycles. The monoisotopic (exact) mass is 635 g/mol. The van der Waals surface area contributed by atoms with Crippen LogP contribution in [0.1, 0.15) is 40.1 Å². The van der Waals surface area contributed by atoms with Gasteiger partial charge in [-0.1, -0.05) is 17.7 Å². The van der Waals surface area contributed by atoms with Crippen molar-refractivity contribution in [1.82, 2.24) is 24.2 Å². The van der Waals surface area contributed by atoms with E-state index in [1.54, 1.807) is 36.0 Å². The lowest BCUT2D eigenvalue weighted by Crippen LogP contribution is -2.48. The number of piperazine rings is 1. The van der Waals surface area contributed by atoms with Crippen molar-refractivity contribution in [2.24, 2.45) is 7.05 Å². The molecular weight excluding hydrogens is 606 g/mol. The summed E-state index contributed by atoms with van der Waals surface area (Å²) >= 11 is 6.03. The summed E-state index contributed by atoms with van der Waals surface area (Å²) < 4.78 is 26.9.